The summed E-state index contributed by atoms with van der Waals surface area (Å²) in [5, 5.41) is 10.9. The molecule has 1 amide bonds. The smallest absolute Gasteiger partial charge is 0.301 e. The molecular formula is C14H14F3N3OS2. The van der Waals surface area contributed by atoms with Gasteiger partial charge < -0.3 is 5.32 Å². The van der Waals surface area contributed by atoms with Crippen LogP contribution >= 0.6 is 23.1 Å². The minimum absolute atomic E-state index is 0.108. The molecule has 0 aliphatic heterocycles. The van der Waals surface area contributed by atoms with Gasteiger partial charge in [-0.2, -0.15) is 13.2 Å². The zero-order chi connectivity index (χ0) is 16.9. The molecule has 124 valence electrons. The summed E-state index contributed by atoms with van der Waals surface area (Å²) in [5.74, 6) is 0.373. The SMILES string of the molecule is CCCC(=O)Nc1nnc(SCc2ccc(C(F)(F)F)cc2)s1. The Labute approximate surface area is 139 Å². The lowest BCUT2D eigenvalue weighted by Crippen LogP contribution is -2.10. The van der Waals surface area contributed by atoms with E-state index >= 15 is 0 Å². The first-order valence-electron chi connectivity index (χ1n) is 6.80. The molecule has 0 atom stereocenters. The van der Waals surface area contributed by atoms with E-state index in [4.69, 9.17) is 0 Å². The fraction of sp³-hybridized carbons (Fsp3) is 0.357. The summed E-state index contributed by atoms with van der Waals surface area (Å²) in [6.07, 6.45) is -3.15. The molecule has 23 heavy (non-hydrogen) atoms. The number of carbonyl (C=O) groups is 1. The molecule has 1 N–H and O–H groups in total. The monoisotopic (exact) mass is 361 g/mol. The molecular weight excluding hydrogens is 347 g/mol. The molecule has 1 aromatic carbocycles. The maximum atomic E-state index is 12.5. The van der Waals surface area contributed by atoms with Crippen molar-refractivity contribution in [1.29, 1.82) is 0 Å². The average molecular weight is 361 g/mol. The number of halogens is 3. The molecule has 0 aliphatic carbocycles. The van der Waals surface area contributed by atoms with Gasteiger partial charge in [-0.25, -0.2) is 0 Å². The second kappa shape index (κ2) is 7.78. The van der Waals surface area contributed by atoms with E-state index in [9.17, 15) is 18.0 Å². The fourth-order valence-electron chi connectivity index (χ4n) is 1.66. The van der Waals surface area contributed by atoms with Crippen LogP contribution in [0.1, 0.15) is 30.9 Å². The first-order chi connectivity index (χ1) is 10.9. The number of amides is 1. The first-order valence-corrected chi connectivity index (χ1v) is 8.61. The van der Waals surface area contributed by atoms with Gasteiger partial charge in [0.25, 0.3) is 0 Å². The van der Waals surface area contributed by atoms with E-state index in [-0.39, 0.29) is 5.91 Å². The molecule has 0 spiro atoms. The van der Waals surface area contributed by atoms with Crippen molar-refractivity contribution in [3.63, 3.8) is 0 Å². The van der Waals surface area contributed by atoms with Gasteiger partial charge in [0.05, 0.1) is 5.56 Å². The van der Waals surface area contributed by atoms with E-state index in [0.29, 0.717) is 21.6 Å². The van der Waals surface area contributed by atoms with Crippen LogP contribution < -0.4 is 5.32 Å². The van der Waals surface area contributed by atoms with Gasteiger partial charge in [0.2, 0.25) is 11.0 Å². The predicted octanol–water partition coefficient (Wildman–Crippen LogP) is 4.59. The minimum atomic E-state index is -4.32. The highest BCUT2D eigenvalue weighted by Crippen LogP contribution is 2.31. The number of aromatic nitrogens is 2. The van der Waals surface area contributed by atoms with Crippen LogP contribution in [0.25, 0.3) is 0 Å². The normalized spacial score (nSPS) is 11.5. The summed E-state index contributed by atoms with van der Waals surface area (Å²) < 4.78 is 38.1. The van der Waals surface area contributed by atoms with Crippen LogP contribution in [0, 0.1) is 0 Å². The van der Waals surface area contributed by atoms with Gasteiger partial charge in [0.15, 0.2) is 4.34 Å². The summed E-state index contributed by atoms with van der Waals surface area (Å²) in [4.78, 5) is 11.4. The van der Waals surface area contributed by atoms with E-state index in [1.807, 2.05) is 6.92 Å². The molecule has 1 aromatic heterocycles. The Morgan fingerprint density at radius 3 is 2.57 bits per heavy atom. The Bertz CT molecular complexity index is 656. The lowest BCUT2D eigenvalue weighted by atomic mass is 10.1. The molecule has 1 heterocycles. The first kappa shape index (κ1) is 17.7. The highest BCUT2D eigenvalue weighted by molar-refractivity contribution is 8.00. The van der Waals surface area contributed by atoms with Crippen molar-refractivity contribution in [3.05, 3.63) is 35.4 Å². The summed E-state index contributed by atoms with van der Waals surface area (Å²) in [6, 6.07) is 5.01. The Hall–Kier alpha value is -1.61. The van der Waals surface area contributed by atoms with Crippen molar-refractivity contribution in [2.24, 2.45) is 0 Å². The standard InChI is InChI=1S/C14H14F3N3OS2/c1-2-3-11(21)18-12-19-20-13(23-12)22-8-9-4-6-10(7-5-9)14(15,16)17/h4-7H,2-3,8H2,1H3,(H,18,19,21). The van der Waals surface area contributed by atoms with Crippen molar-refractivity contribution in [3.8, 4) is 0 Å². The highest BCUT2D eigenvalue weighted by Gasteiger charge is 2.29. The number of hydrogen-bond donors (Lipinski definition) is 1. The molecule has 0 fully saturated rings. The zero-order valence-electron chi connectivity index (χ0n) is 12.2. The molecule has 9 heteroatoms. The summed E-state index contributed by atoms with van der Waals surface area (Å²) in [6.45, 7) is 1.91. The van der Waals surface area contributed by atoms with E-state index in [2.05, 4.69) is 15.5 Å². The van der Waals surface area contributed by atoms with E-state index in [0.717, 1.165) is 24.1 Å². The fourth-order valence-corrected chi connectivity index (χ4v) is 3.39. The van der Waals surface area contributed by atoms with Crippen LogP contribution in [-0.4, -0.2) is 16.1 Å². The maximum Gasteiger partial charge on any atom is 0.416 e. The molecule has 0 saturated carbocycles. The Kier molecular flexibility index (Phi) is 6.00. The zero-order valence-corrected chi connectivity index (χ0v) is 13.8. The Morgan fingerprint density at radius 2 is 1.96 bits per heavy atom. The van der Waals surface area contributed by atoms with Crippen molar-refractivity contribution in [1.82, 2.24) is 10.2 Å². The highest BCUT2D eigenvalue weighted by atomic mass is 32.2. The number of thioether (sulfide) groups is 1. The second-order valence-corrected chi connectivity index (χ2v) is 6.85. The van der Waals surface area contributed by atoms with Gasteiger partial charge in [0, 0.05) is 12.2 Å². The van der Waals surface area contributed by atoms with Gasteiger partial charge in [-0.05, 0) is 24.1 Å². The quantitative estimate of drug-likeness (QED) is 0.604. The van der Waals surface area contributed by atoms with Crippen molar-refractivity contribution >= 4 is 34.1 Å². The maximum absolute atomic E-state index is 12.5. The molecule has 0 aliphatic rings. The van der Waals surface area contributed by atoms with Crippen LogP contribution in [0.15, 0.2) is 28.6 Å². The number of benzene rings is 1. The van der Waals surface area contributed by atoms with Crippen LogP contribution in [0.4, 0.5) is 18.3 Å². The lowest BCUT2D eigenvalue weighted by Gasteiger charge is -2.06. The van der Waals surface area contributed by atoms with Gasteiger partial charge in [-0.1, -0.05) is 42.2 Å². The van der Waals surface area contributed by atoms with Gasteiger partial charge in [-0.15, -0.1) is 10.2 Å². The van der Waals surface area contributed by atoms with Crippen molar-refractivity contribution in [2.75, 3.05) is 5.32 Å². The van der Waals surface area contributed by atoms with Crippen LogP contribution in [0.5, 0.6) is 0 Å². The topological polar surface area (TPSA) is 54.9 Å². The number of alkyl halides is 3. The molecule has 0 radical (unpaired) electrons. The van der Waals surface area contributed by atoms with E-state index < -0.39 is 11.7 Å². The number of nitrogens with zero attached hydrogens (tertiary/aromatic N) is 2. The summed E-state index contributed by atoms with van der Waals surface area (Å²) in [7, 11) is 0. The number of anilines is 1. The third-order valence-corrected chi connectivity index (χ3v) is 4.82. The molecule has 0 bridgehead atoms. The average Bonchev–Trinajstić information content (AvgIpc) is 2.92. The Balaban J connectivity index is 1.89. The molecule has 2 aromatic rings. The molecule has 0 unspecified atom stereocenters. The third kappa shape index (κ3) is 5.51. The van der Waals surface area contributed by atoms with Crippen LogP contribution in [0.2, 0.25) is 0 Å². The van der Waals surface area contributed by atoms with Crippen molar-refractivity contribution < 1.29 is 18.0 Å². The molecule has 2 rings (SSSR count). The Morgan fingerprint density at radius 1 is 1.26 bits per heavy atom. The largest absolute Gasteiger partial charge is 0.416 e. The van der Waals surface area contributed by atoms with Gasteiger partial charge in [-0.3, -0.25) is 4.79 Å². The van der Waals surface area contributed by atoms with E-state index in [1.165, 1.54) is 35.2 Å². The number of nitrogens with one attached hydrogen (secondary N) is 1. The predicted molar refractivity (Wildman–Crippen MR) is 84.5 cm³/mol. The van der Waals surface area contributed by atoms with Crippen LogP contribution in [0.3, 0.4) is 0 Å². The molecule has 0 saturated heterocycles. The van der Waals surface area contributed by atoms with Gasteiger partial charge in [0.1, 0.15) is 0 Å². The number of carbonyl (C=O) groups excluding carboxylic acids is 1. The van der Waals surface area contributed by atoms with E-state index in [1.54, 1.807) is 0 Å². The third-order valence-electron chi connectivity index (χ3n) is 2.77. The van der Waals surface area contributed by atoms with Crippen molar-refractivity contribution in [2.45, 2.75) is 36.0 Å². The lowest BCUT2D eigenvalue weighted by molar-refractivity contribution is -0.137. The molecule has 4 nitrogen and oxygen atoms in total. The summed E-state index contributed by atoms with van der Waals surface area (Å²) >= 11 is 2.60. The van der Waals surface area contributed by atoms with Gasteiger partial charge >= 0.3 is 6.18 Å². The van der Waals surface area contributed by atoms with Crippen LogP contribution in [-0.2, 0) is 16.7 Å². The second-order valence-electron chi connectivity index (χ2n) is 4.65. The number of rotatable bonds is 6. The summed E-state index contributed by atoms with van der Waals surface area (Å²) in [5.41, 5.74) is 0.0952. The number of hydrogen-bond acceptors (Lipinski definition) is 5. The minimum Gasteiger partial charge on any atom is -0.301 e.